The Kier molecular flexibility index (Phi) is 16.8. The maximum atomic E-state index is 12.6. The lowest BCUT2D eigenvalue weighted by Gasteiger charge is -2.59. The summed E-state index contributed by atoms with van der Waals surface area (Å²) in [4.78, 5) is 57.7. The van der Waals surface area contributed by atoms with Gasteiger partial charge in [0.15, 0.2) is 0 Å². The Hall–Kier alpha value is -6.24. The highest BCUT2D eigenvalue weighted by molar-refractivity contribution is 5.74. The van der Waals surface area contributed by atoms with Gasteiger partial charge in [0.1, 0.15) is 11.5 Å². The van der Waals surface area contributed by atoms with Crippen molar-refractivity contribution in [1.29, 1.82) is 0 Å². The van der Waals surface area contributed by atoms with Gasteiger partial charge in [-0.1, -0.05) is 118 Å². The lowest BCUT2D eigenvalue weighted by molar-refractivity contribution is -0.138. The maximum Gasteiger partial charge on any atom is 0.410 e. The average molecular weight is 1330 g/mol. The lowest BCUT2D eigenvalue weighted by atomic mass is 9.52. The fraction of sp³-hybridized carbons (Fsp3) is 0.663. The van der Waals surface area contributed by atoms with Crippen molar-refractivity contribution in [2.24, 2.45) is 23.7 Å². The van der Waals surface area contributed by atoms with E-state index in [-0.39, 0.29) is 71.9 Å². The molecule has 4 aliphatic heterocycles. The molecule has 4 heterocycles. The van der Waals surface area contributed by atoms with Crippen molar-refractivity contribution in [1.82, 2.24) is 19.6 Å². The van der Waals surface area contributed by atoms with Crippen molar-refractivity contribution in [3.05, 3.63) is 128 Å². The minimum absolute atomic E-state index is 0. The van der Waals surface area contributed by atoms with Gasteiger partial charge >= 0.3 is 18.3 Å². The lowest BCUT2D eigenvalue weighted by Crippen LogP contribution is -2.62. The Morgan fingerprint density at radius 1 is 0.479 bits per heavy atom. The first-order chi connectivity index (χ1) is 50.7. The number of fused-ring (bicyclic) bond motifs is 4. The first kappa shape index (κ1) is 55.6. The number of hydrogen-bond acceptors (Lipinski definition) is 9. The molecule has 12 atom stereocenters. The zero-order valence-electron chi connectivity index (χ0n) is 69.4. The number of benzene rings is 4. The molecule has 13 nitrogen and oxygen atoms in total. The molecule has 4 saturated carbocycles. The molecule has 0 radical (unpaired) electrons. The minimum atomic E-state index is -3.16. The first-order valence-electron chi connectivity index (χ1n) is 42.6. The molecule has 4 amide bonds. The molecule has 0 N–H and O–H groups in total. The van der Waals surface area contributed by atoms with Gasteiger partial charge in [0.25, 0.3) is 0 Å². The van der Waals surface area contributed by atoms with Crippen molar-refractivity contribution in [3.63, 3.8) is 0 Å². The van der Waals surface area contributed by atoms with Gasteiger partial charge in [-0.15, -0.1) is 0 Å². The number of hydrogen-bond donors (Lipinski definition) is 0. The molecule has 8 aliphatic carbocycles. The monoisotopic (exact) mass is 1320 g/mol. The largest absolute Gasteiger partial charge is 0.494 e. The Morgan fingerprint density at radius 3 is 1.17 bits per heavy atom. The highest BCUT2D eigenvalue weighted by atomic mass is 16.6. The van der Waals surface area contributed by atoms with E-state index in [1.807, 2.05) is 46.7 Å². The Labute approximate surface area is 592 Å². The molecule has 4 aromatic carbocycles. The summed E-state index contributed by atoms with van der Waals surface area (Å²) >= 11 is 0. The maximum absolute atomic E-state index is 12.6. The molecule has 0 spiro atoms. The number of carbonyl (C=O) groups is 4. The van der Waals surface area contributed by atoms with E-state index in [0.29, 0.717) is 80.0 Å². The van der Waals surface area contributed by atoms with Gasteiger partial charge in [-0.3, -0.25) is 4.79 Å². The van der Waals surface area contributed by atoms with Crippen molar-refractivity contribution in [3.8, 4) is 11.5 Å². The molecule has 8 bridgehead atoms. The predicted octanol–water partition coefficient (Wildman–Crippen LogP) is 17.4. The molecule has 4 aromatic rings. The van der Waals surface area contributed by atoms with Crippen molar-refractivity contribution in [2.45, 2.75) is 276 Å². The summed E-state index contributed by atoms with van der Waals surface area (Å²) in [5, 5.41) is 0. The third kappa shape index (κ3) is 12.5. The zero-order chi connectivity index (χ0) is 76.6. The summed E-state index contributed by atoms with van der Waals surface area (Å²) in [6, 6.07) is 25.5. The fourth-order valence-corrected chi connectivity index (χ4v) is 22.2. The Morgan fingerprint density at radius 2 is 0.812 bits per heavy atom. The van der Waals surface area contributed by atoms with Gasteiger partial charge < -0.3 is 43.3 Å². The number of piperidine rings is 4. The number of aryl methyl sites for hydroxylation is 2. The van der Waals surface area contributed by atoms with Crippen LogP contribution in [-0.2, 0) is 66.3 Å². The summed E-state index contributed by atoms with van der Waals surface area (Å²) in [7, 11) is 0. The van der Waals surface area contributed by atoms with Crippen LogP contribution < -0.4 is 9.47 Å². The van der Waals surface area contributed by atoms with Crippen LogP contribution in [0.3, 0.4) is 0 Å². The number of nitrogens with zero attached hydrogens (tertiary/aromatic N) is 4. The highest BCUT2D eigenvalue weighted by Gasteiger charge is 2.59. The molecule has 96 heavy (non-hydrogen) atoms. The van der Waals surface area contributed by atoms with Crippen LogP contribution in [0.5, 0.6) is 11.5 Å². The van der Waals surface area contributed by atoms with Crippen LogP contribution in [0.15, 0.2) is 72.8 Å². The SMILES string of the molecule is C.CC(=O)N1CC[C@@]23CCCC[C@@H]2[C@@H]1Cc1ccc(C)cc13.CCOC(=O)N1CC[C@@]23CCCC[C@@H]2[C@@H]1Cc1ccc(C)cc13.[2H]C([2H])([2H])C([2H])(Oc1ccc2c(c1)[C@]13CCCC[C@@H]1[C@H](C2)N(C(=O)OCC)CC3)C([2H])([2H])[2H].[2H]C([2H])([2H])C([2H])([2H])Oc1ccc2c(c1)[C@]13CCCC[C@@H]1[C@H](C2)N(C(=O)OCC)CC3. The predicted molar refractivity (Wildman–Crippen MR) is 380 cm³/mol. The molecule has 0 aromatic heterocycles. The number of rotatable bonds is 7. The summed E-state index contributed by atoms with van der Waals surface area (Å²) in [5.74, 6) is 2.49. The van der Waals surface area contributed by atoms with Crippen molar-refractivity contribution >= 4 is 24.2 Å². The van der Waals surface area contributed by atoms with E-state index in [0.717, 1.165) is 125 Å². The van der Waals surface area contributed by atoms with E-state index in [9.17, 15) is 19.2 Å². The molecular weight excluding hydrogens is 1200 g/mol. The summed E-state index contributed by atoms with van der Waals surface area (Å²) in [6.07, 6.45) is 22.5. The van der Waals surface area contributed by atoms with Crippen LogP contribution in [0.4, 0.5) is 14.4 Å². The quantitative estimate of drug-likeness (QED) is 0.166. The topological polar surface area (TPSA) is 127 Å². The van der Waals surface area contributed by atoms with Gasteiger partial charge in [0, 0.05) is 91.3 Å². The van der Waals surface area contributed by atoms with E-state index in [2.05, 4.69) is 55.1 Å². The van der Waals surface area contributed by atoms with Gasteiger partial charge in [0.05, 0.1) is 36.6 Å². The summed E-state index contributed by atoms with van der Waals surface area (Å²) < 4.78 is 119. The van der Waals surface area contributed by atoms with Crippen molar-refractivity contribution < 1.29 is 59.3 Å². The van der Waals surface area contributed by atoms with E-state index >= 15 is 0 Å². The molecule has 4 saturated heterocycles. The third-order valence-corrected chi connectivity index (χ3v) is 25.9. The Bertz CT molecular complexity index is 3950. The fourth-order valence-electron chi connectivity index (χ4n) is 22.2. The van der Waals surface area contributed by atoms with E-state index in [1.54, 1.807) is 43.2 Å². The molecule has 12 aliphatic rings. The first-order valence-corrected chi connectivity index (χ1v) is 36.6. The van der Waals surface area contributed by atoms with Gasteiger partial charge in [-0.25, -0.2) is 14.4 Å². The number of ether oxygens (including phenoxy) is 5. The molecule has 522 valence electrons. The standard InChI is InChI=1S/C22H31NO3.C21H29NO3.C20H27NO2.C19H25NO.CH4/c1-4-25-21(24)23-12-11-22-10-6-5-7-18(22)20(23)13-16-8-9-17(14-19(16)22)26-15(2)3;1-3-24-16-9-8-15-13-19-17-7-5-6-10-21(17,18(15)14-16)11-12-22(19)20(23)25-4-2;1-3-23-19(22)21-11-10-20-9-5-4-6-16(20)18(21)13-15-8-7-14(2)12-17(15)20;1-13-6-7-15-12-18-16-5-3-4-8-19(16,17(15)11-13)9-10-20(18)14(2)21;/h8-9,14-15,18,20H,4-7,10-13H2,1-3H3;8-9,14,17,19H,3-7,10-13H2,1-2H3;7-8,12,16,18H,3-6,9-11,13H2,1-2H3;6-7,11,16,18H,3-5,8-10,12H2,1-2H3;1H4/t18-,20+,22+;17-,19+,21+;16-,18+,20+;16-,18+,19+;/m1111./s1/i2D3,3D3,15D;1D3,3D2;;;. The minimum Gasteiger partial charge on any atom is -0.494 e. The third-order valence-electron chi connectivity index (χ3n) is 25.9. The van der Waals surface area contributed by atoms with E-state index < -0.39 is 33.2 Å². The second-order valence-corrected chi connectivity index (χ2v) is 30.1. The second kappa shape index (κ2) is 28.9. The smallest absolute Gasteiger partial charge is 0.410 e. The summed E-state index contributed by atoms with van der Waals surface area (Å²) in [6.45, 7) is 3.94. The van der Waals surface area contributed by atoms with Gasteiger partial charge in [-0.05, 0) is 250 Å². The highest BCUT2D eigenvalue weighted by Crippen LogP contribution is 2.60. The van der Waals surface area contributed by atoms with Crippen LogP contribution in [-0.4, -0.2) is 127 Å². The van der Waals surface area contributed by atoms with Gasteiger partial charge in [-0.2, -0.15) is 0 Å². The average Bonchev–Trinajstić information content (AvgIpc) is 0.730. The van der Waals surface area contributed by atoms with Crippen LogP contribution in [0, 0.1) is 37.5 Å². The molecular formula is C83H116N4O9. The number of amides is 4. The van der Waals surface area contributed by atoms with Crippen LogP contribution in [0.2, 0.25) is 0 Å². The second-order valence-electron chi connectivity index (χ2n) is 30.1. The Balaban J connectivity index is 0.000000136. The normalized spacial score (nSPS) is 33.6. The van der Waals surface area contributed by atoms with Crippen LogP contribution in [0.25, 0.3) is 0 Å². The molecule has 13 heteroatoms. The van der Waals surface area contributed by atoms with Gasteiger partial charge in [0.2, 0.25) is 5.91 Å². The van der Waals surface area contributed by atoms with Crippen molar-refractivity contribution in [2.75, 3.05) is 52.6 Å². The number of likely N-dealkylation sites (tertiary alicyclic amines) is 4. The van der Waals surface area contributed by atoms with E-state index in [4.69, 9.17) is 40.1 Å². The zero-order valence-corrected chi connectivity index (χ0v) is 57.4. The summed E-state index contributed by atoms with van der Waals surface area (Å²) in [5.41, 5.74) is 13.8. The molecule has 16 rings (SSSR count). The number of carbonyl (C=O) groups excluding carboxylic acids is 4. The van der Waals surface area contributed by atoms with Crippen LogP contribution in [0.1, 0.15) is 256 Å². The van der Waals surface area contributed by atoms with E-state index in [1.165, 1.54) is 80.0 Å². The van der Waals surface area contributed by atoms with Crippen LogP contribution >= 0.6 is 0 Å². The molecule has 0 unspecified atom stereocenters. The molecule has 8 fully saturated rings.